The van der Waals surface area contributed by atoms with E-state index < -0.39 is 7.60 Å². The molecule has 1 aromatic rings. The normalized spacial score (nSPS) is 12.5. The molecule has 72 valence electrons. The first-order valence-corrected chi connectivity index (χ1v) is 5.84. The molecule has 0 amide bonds. The van der Waals surface area contributed by atoms with Crippen molar-refractivity contribution in [2.75, 3.05) is 5.75 Å². The molecule has 0 radical (unpaired) electrons. The zero-order valence-corrected chi connectivity index (χ0v) is 8.07. The summed E-state index contributed by atoms with van der Waals surface area (Å²) >= 11 is 1.22. The lowest BCUT2D eigenvalue weighted by Crippen LogP contribution is -1.77. The molecule has 0 aliphatic rings. The van der Waals surface area contributed by atoms with Gasteiger partial charge in [-0.15, -0.1) is 10.2 Å². The second-order valence-corrected chi connectivity index (χ2v) is 4.44. The van der Waals surface area contributed by atoms with Gasteiger partial charge in [0.05, 0.1) is 0 Å². The van der Waals surface area contributed by atoms with E-state index in [2.05, 4.69) is 20.6 Å². The van der Waals surface area contributed by atoms with Gasteiger partial charge in [-0.25, -0.2) is 0 Å². The van der Waals surface area contributed by atoms with E-state index in [1.807, 2.05) is 0 Å². The Morgan fingerprint density at radius 2 is 2.38 bits per heavy atom. The first-order chi connectivity index (χ1) is 6.08. The van der Waals surface area contributed by atoms with Crippen molar-refractivity contribution < 1.29 is 14.4 Å². The van der Waals surface area contributed by atoms with Gasteiger partial charge in [-0.2, -0.15) is 5.21 Å². The number of nitrogens with zero attached hydrogens (tertiary/aromatic N) is 3. The SMILES string of the molecule is O=P(O)(O)C=CCSc1nn[nH]n1. The van der Waals surface area contributed by atoms with Crippen LogP contribution in [0.5, 0.6) is 0 Å². The van der Waals surface area contributed by atoms with Gasteiger partial charge in [-0.3, -0.25) is 4.57 Å². The summed E-state index contributed by atoms with van der Waals surface area (Å²) in [4.78, 5) is 16.9. The summed E-state index contributed by atoms with van der Waals surface area (Å²) < 4.78 is 10.3. The van der Waals surface area contributed by atoms with Gasteiger partial charge in [0.25, 0.3) is 0 Å². The van der Waals surface area contributed by atoms with Crippen LogP contribution in [0.1, 0.15) is 0 Å². The van der Waals surface area contributed by atoms with Crippen molar-refractivity contribution >= 4 is 19.4 Å². The van der Waals surface area contributed by atoms with E-state index >= 15 is 0 Å². The molecule has 0 unspecified atom stereocenters. The lowest BCUT2D eigenvalue weighted by atomic mass is 10.8. The van der Waals surface area contributed by atoms with E-state index in [-0.39, 0.29) is 0 Å². The first-order valence-electron chi connectivity index (χ1n) is 3.17. The van der Waals surface area contributed by atoms with Gasteiger partial charge in [0.1, 0.15) is 0 Å². The summed E-state index contributed by atoms with van der Waals surface area (Å²) in [5.41, 5.74) is 0. The Hall–Kier alpha value is -0.690. The van der Waals surface area contributed by atoms with Crippen LogP contribution in [-0.4, -0.2) is 36.2 Å². The molecule has 1 aromatic heterocycles. The average Bonchev–Trinajstić information content (AvgIpc) is 2.48. The number of H-pyrrole nitrogens is 1. The Kier molecular flexibility index (Phi) is 3.61. The van der Waals surface area contributed by atoms with Gasteiger partial charge in [0.2, 0.25) is 5.16 Å². The molecular weight excluding hydrogens is 215 g/mol. The van der Waals surface area contributed by atoms with E-state index in [4.69, 9.17) is 9.79 Å². The Morgan fingerprint density at radius 1 is 1.62 bits per heavy atom. The number of hydrogen-bond acceptors (Lipinski definition) is 5. The summed E-state index contributed by atoms with van der Waals surface area (Å²) in [5, 5.41) is 13.3. The maximum Gasteiger partial charge on any atom is 0.348 e. The van der Waals surface area contributed by atoms with Gasteiger partial charge < -0.3 is 9.79 Å². The van der Waals surface area contributed by atoms with Gasteiger partial charge in [0.15, 0.2) is 0 Å². The number of tetrazole rings is 1. The highest BCUT2D eigenvalue weighted by molar-refractivity contribution is 7.99. The predicted octanol–water partition coefficient (Wildman–Crippen LogP) is -0.0168. The molecule has 0 aromatic carbocycles. The Balaban J connectivity index is 2.30. The molecule has 7 nitrogen and oxygen atoms in total. The summed E-state index contributed by atoms with van der Waals surface area (Å²) in [6, 6.07) is 0. The fourth-order valence-electron chi connectivity index (χ4n) is 0.517. The molecule has 0 saturated carbocycles. The molecule has 0 atom stereocenters. The minimum atomic E-state index is -4.03. The molecule has 3 N–H and O–H groups in total. The van der Waals surface area contributed by atoms with Crippen molar-refractivity contribution in [1.82, 2.24) is 20.6 Å². The molecule has 0 fully saturated rings. The van der Waals surface area contributed by atoms with E-state index in [0.717, 1.165) is 5.82 Å². The van der Waals surface area contributed by atoms with Crippen molar-refractivity contribution in [3.63, 3.8) is 0 Å². The number of nitrogens with one attached hydrogen (secondary N) is 1. The predicted molar refractivity (Wildman–Crippen MR) is 46.1 cm³/mol. The van der Waals surface area contributed by atoms with Gasteiger partial charge in [-0.1, -0.05) is 17.8 Å². The van der Waals surface area contributed by atoms with Crippen molar-refractivity contribution in [2.45, 2.75) is 5.16 Å². The van der Waals surface area contributed by atoms with Crippen LogP contribution in [0, 0.1) is 0 Å². The number of rotatable bonds is 4. The molecule has 9 heteroatoms. The minimum absolute atomic E-state index is 0.393. The van der Waals surface area contributed by atoms with Crippen LogP contribution in [-0.2, 0) is 4.57 Å². The van der Waals surface area contributed by atoms with Gasteiger partial charge in [-0.05, 0) is 5.21 Å². The zero-order valence-electron chi connectivity index (χ0n) is 6.36. The third-order valence-corrected chi connectivity index (χ3v) is 2.32. The summed E-state index contributed by atoms with van der Waals surface area (Å²) in [5.74, 6) is 1.24. The Labute approximate surface area is 77.8 Å². The van der Waals surface area contributed by atoms with Crippen LogP contribution in [0.4, 0.5) is 0 Å². The van der Waals surface area contributed by atoms with Crippen LogP contribution in [0.15, 0.2) is 17.0 Å². The lowest BCUT2D eigenvalue weighted by molar-refractivity contribution is 0.386. The number of thioether (sulfide) groups is 1. The van der Waals surface area contributed by atoms with Crippen LogP contribution in [0.25, 0.3) is 0 Å². The highest BCUT2D eigenvalue weighted by Gasteiger charge is 2.04. The second-order valence-electron chi connectivity index (χ2n) is 1.98. The minimum Gasteiger partial charge on any atom is -0.321 e. The average molecular weight is 222 g/mol. The molecular formula is C4H7N4O3PS. The smallest absolute Gasteiger partial charge is 0.321 e. The topological polar surface area (TPSA) is 112 Å². The van der Waals surface area contributed by atoms with Crippen molar-refractivity contribution in [3.05, 3.63) is 11.9 Å². The number of aromatic nitrogens is 4. The maximum absolute atomic E-state index is 10.3. The second kappa shape index (κ2) is 4.52. The molecule has 0 aliphatic carbocycles. The lowest BCUT2D eigenvalue weighted by Gasteiger charge is -1.92. The van der Waals surface area contributed by atoms with Gasteiger partial charge in [0, 0.05) is 11.6 Å². The van der Waals surface area contributed by atoms with Crippen LogP contribution >= 0.6 is 19.4 Å². The third kappa shape index (κ3) is 4.79. The highest BCUT2D eigenvalue weighted by atomic mass is 32.2. The monoisotopic (exact) mass is 222 g/mol. The fourth-order valence-corrected chi connectivity index (χ4v) is 1.58. The molecule has 0 saturated heterocycles. The van der Waals surface area contributed by atoms with E-state index in [1.165, 1.54) is 17.8 Å². The molecule has 1 heterocycles. The quantitative estimate of drug-likeness (QED) is 0.484. The van der Waals surface area contributed by atoms with Crippen molar-refractivity contribution in [3.8, 4) is 0 Å². The molecule has 1 rings (SSSR count). The molecule has 0 aliphatic heterocycles. The Bertz CT molecular complexity index is 320. The molecule has 0 bridgehead atoms. The van der Waals surface area contributed by atoms with Gasteiger partial charge >= 0.3 is 7.60 Å². The number of aromatic amines is 1. The maximum atomic E-state index is 10.3. The molecule has 13 heavy (non-hydrogen) atoms. The summed E-state index contributed by atoms with van der Waals surface area (Å²) in [6.45, 7) is 0. The standard InChI is InChI=1S/C4H7N4O3PS/c9-12(10,11)2-1-3-13-4-5-7-8-6-4/h1-2H,3H2,(H2,9,10,11)(H,5,6,7,8). The number of hydrogen-bond donors (Lipinski definition) is 3. The van der Waals surface area contributed by atoms with Crippen LogP contribution in [0.2, 0.25) is 0 Å². The molecule has 0 spiro atoms. The fraction of sp³-hybridized carbons (Fsp3) is 0.250. The summed E-state index contributed by atoms with van der Waals surface area (Å²) in [7, 11) is -4.03. The van der Waals surface area contributed by atoms with Crippen LogP contribution < -0.4 is 0 Å². The van der Waals surface area contributed by atoms with E-state index in [9.17, 15) is 4.57 Å². The van der Waals surface area contributed by atoms with Crippen molar-refractivity contribution in [2.24, 2.45) is 0 Å². The zero-order chi connectivity index (χ0) is 9.73. The first kappa shape index (κ1) is 10.4. The third-order valence-electron chi connectivity index (χ3n) is 0.934. The van der Waals surface area contributed by atoms with Crippen molar-refractivity contribution in [1.29, 1.82) is 0 Å². The highest BCUT2D eigenvalue weighted by Crippen LogP contribution is 2.36. The van der Waals surface area contributed by atoms with E-state index in [0.29, 0.717) is 10.9 Å². The van der Waals surface area contributed by atoms with Crippen LogP contribution in [0.3, 0.4) is 0 Å². The summed E-state index contributed by atoms with van der Waals surface area (Å²) in [6.07, 6.45) is 1.36. The Morgan fingerprint density at radius 3 is 2.92 bits per heavy atom. The van der Waals surface area contributed by atoms with E-state index in [1.54, 1.807) is 0 Å². The largest absolute Gasteiger partial charge is 0.348 e.